The second kappa shape index (κ2) is 8.29. The zero-order valence-electron chi connectivity index (χ0n) is 14.5. The molecule has 1 aromatic heterocycles. The Morgan fingerprint density at radius 1 is 1.38 bits per heavy atom. The van der Waals surface area contributed by atoms with E-state index in [-0.39, 0.29) is 36.5 Å². The van der Waals surface area contributed by atoms with Crippen LogP contribution in [0.2, 0.25) is 0 Å². The topological polar surface area (TPSA) is 83.2 Å². The standard InChI is InChI=1S/C18H16N2O3.Na.H/c19-10-15-8-13(16-9-14(18(21)22)6-7-20-16)4-5-17(15)23-11-12-2-1-3-12;;/h4-9,12H,1-3,11H2,(H,21,22);;/q;+1;-1. The molecule has 1 aromatic carbocycles. The maximum absolute atomic E-state index is 11.0. The Hall–Kier alpha value is -1.87. The van der Waals surface area contributed by atoms with E-state index in [1.807, 2.05) is 0 Å². The largest absolute Gasteiger partial charge is 1.00 e. The van der Waals surface area contributed by atoms with E-state index < -0.39 is 5.97 Å². The molecule has 0 atom stereocenters. The van der Waals surface area contributed by atoms with Gasteiger partial charge in [-0.2, -0.15) is 5.26 Å². The van der Waals surface area contributed by atoms with E-state index in [1.165, 1.54) is 37.6 Å². The van der Waals surface area contributed by atoms with Gasteiger partial charge in [-0.05, 0) is 49.1 Å². The number of ether oxygens (including phenoxy) is 1. The molecule has 3 rings (SSSR count). The summed E-state index contributed by atoms with van der Waals surface area (Å²) in [4.78, 5) is 15.2. The zero-order chi connectivity index (χ0) is 16.2. The van der Waals surface area contributed by atoms with Gasteiger partial charge in [-0.25, -0.2) is 4.79 Å². The molecule has 1 heterocycles. The molecule has 6 heteroatoms. The van der Waals surface area contributed by atoms with Crippen molar-refractivity contribution >= 4 is 5.97 Å². The van der Waals surface area contributed by atoms with Gasteiger partial charge in [0, 0.05) is 11.8 Å². The van der Waals surface area contributed by atoms with Crippen molar-refractivity contribution in [2.75, 3.05) is 6.61 Å². The summed E-state index contributed by atoms with van der Waals surface area (Å²) in [5.74, 6) is 0.155. The molecule has 0 aliphatic heterocycles. The number of pyridine rings is 1. The molecule has 0 saturated heterocycles. The quantitative estimate of drug-likeness (QED) is 0.812. The van der Waals surface area contributed by atoms with Gasteiger partial charge < -0.3 is 11.3 Å². The molecule has 5 nitrogen and oxygen atoms in total. The number of hydrogen-bond acceptors (Lipinski definition) is 4. The summed E-state index contributed by atoms with van der Waals surface area (Å²) in [5.41, 5.74) is 1.82. The molecule has 1 N–H and O–H groups in total. The molecule has 1 fully saturated rings. The second-order valence-corrected chi connectivity index (χ2v) is 5.67. The fourth-order valence-electron chi connectivity index (χ4n) is 2.49. The first kappa shape index (κ1) is 18.5. The molecule has 118 valence electrons. The van der Waals surface area contributed by atoms with Crippen molar-refractivity contribution in [3.63, 3.8) is 0 Å². The van der Waals surface area contributed by atoms with E-state index in [4.69, 9.17) is 9.84 Å². The monoisotopic (exact) mass is 332 g/mol. The number of carbonyl (C=O) groups is 1. The summed E-state index contributed by atoms with van der Waals surface area (Å²) in [6.07, 6.45) is 5.08. The first-order valence-electron chi connectivity index (χ1n) is 7.54. The molecule has 1 aliphatic rings. The van der Waals surface area contributed by atoms with Crippen molar-refractivity contribution in [2.24, 2.45) is 5.92 Å². The van der Waals surface area contributed by atoms with Gasteiger partial charge >= 0.3 is 35.5 Å². The number of aromatic nitrogens is 1. The van der Waals surface area contributed by atoms with Crippen LogP contribution in [0.5, 0.6) is 5.75 Å². The van der Waals surface area contributed by atoms with Crippen LogP contribution >= 0.6 is 0 Å². The van der Waals surface area contributed by atoms with Crippen LogP contribution in [0, 0.1) is 17.2 Å². The van der Waals surface area contributed by atoms with Crippen molar-refractivity contribution in [3.05, 3.63) is 47.7 Å². The summed E-state index contributed by atoms with van der Waals surface area (Å²) in [5, 5.41) is 18.4. The van der Waals surface area contributed by atoms with Crippen molar-refractivity contribution in [3.8, 4) is 23.1 Å². The number of nitrogens with zero attached hydrogens (tertiary/aromatic N) is 2. The molecular weight excluding hydrogens is 315 g/mol. The Balaban J connectivity index is 0.00000156. The van der Waals surface area contributed by atoms with E-state index in [0.717, 1.165) is 0 Å². The summed E-state index contributed by atoms with van der Waals surface area (Å²) in [7, 11) is 0. The minimum absolute atomic E-state index is 0. The molecular formula is C18H17N2NaO3. The molecule has 0 unspecified atom stereocenters. The summed E-state index contributed by atoms with van der Waals surface area (Å²) >= 11 is 0. The molecule has 1 saturated carbocycles. The first-order valence-corrected chi connectivity index (χ1v) is 7.54. The minimum atomic E-state index is -1.00. The molecule has 0 spiro atoms. The molecule has 1 aliphatic carbocycles. The number of hydrogen-bond donors (Lipinski definition) is 1. The number of aromatic carboxylic acids is 1. The van der Waals surface area contributed by atoms with Crippen LogP contribution in [-0.2, 0) is 0 Å². The van der Waals surface area contributed by atoms with Crippen molar-refractivity contribution in [2.45, 2.75) is 19.3 Å². The van der Waals surface area contributed by atoms with Crippen LogP contribution in [0.1, 0.15) is 36.6 Å². The minimum Gasteiger partial charge on any atom is -1.00 e. The molecule has 0 amide bonds. The van der Waals surface area contributed by atoms with Crippen LogP contribution in [0.25, 0.3) is 11.3 Å². The molecule has 24 heavy (non-hydrogen) atoms. The second-order valence-electron chi connectivity index (χ2n) is 5.67. The van der Waals surface area contributed by atoms with E-state index in [9.17, 15) is 10.1 Å². The van der Waals surface area contributed by atoms with E-state index in [0.29, 0.717) is 35.1 Å². The van der Waals surface area contributed by atoms with Gasteiger partial charge in [-0.1, -0.05) is 6.42 Å². The van der Waals surface area contributed by atoms with Crippen LogP contribution in [0.4, 0.5) is 0 Å². The van der Waals surface area contributed by atoms with Gasteiger partial charge in [0.25, 0.3) is 0 Å². The van der Waals surface area contributed by atoms with E-state index in [2.05, 4.69) is 11.1 Å². The third-order valence-corrected chi connectivity index (χ3v) is 4.10. The van der Waals surface area contributed by atoms with Crippen LogP contribution in [0.3, 0.4) is 0 Å². The number of nitriles is 1. The smallest absolute Gasteiger partial charge is 1.00 e. The fraction of sp³-hybridized carbons (Fsp3) is 0.278. The number of benzene rings is 1. The fourth-order valence-corrected chi connectivity index (χ4v) is 2.49. The SMILES string of the molecule is N#Cc1cc(-c2cc(C(=O)O)ccn2)ccc1OCC1CCC1.[H-].[Na+]. The summed E-state index contributed by atoms with van der Waals surface area (Å²) in [6.45, 7) is 0.640. The molecule has 0 radical (unpaired) electrons. The zero-order valence-corrected chi connectivity index (χ0v) is 15.5. The Morgan fingerprint density at radius 2 is 2.17 bits per heavy atom. The third-order valence-electron chi connectivity index (χ3n) is 4.10. The Morgan fingerprint density at radius 3 is 2.79 bits per heavy atom. The van der Waals surface area contributed by atoms with Crippen LogP contribution in [0.15, 0.2) is 36.5 Å². The summed E-state index contributed by atoms with van der Waals surface area (Å²) < 4.78 is 5.75. The Kier molecular flexibility index (Phi) is 6.38. The maximum atomic E-state index is 11.0. The van der Waals surface area contributed by atoms with Crippen LogP contribution < -0.4 is 34.3 Å². The predicted molar refractivity (Wildman–Crippen MR) is 85.3 cm³/mol. The third kappa shape index (κ3) is 4.15. The maximum Gasteiger partial charge on any atom is 1.00 e. The van der Waals surface area contributed by atoms with Gasteiger partial charge in [0.2, 0.25) is 0 Å². The summed E-state index contributed by atoms with van der Waals surface area (Å²) in [6, 6.07) is 10.3. The van der Waals surface area contributed by atoms with Gasteiger partial charge in [0.15, 0.2) is 0 Å². The van der Waals surface area contributed by atoms with Gasteiger partial charge in [-0.3, -0.25) is 4.98 Å². The van der Waals surface area contributed by atoms with Crippen molar-refractivity contribution in [1.82, 2.24) is 4.98 Å². The van der Waals surface area contributed by atoms with E-state index >= 15 is 0 Å². The van der Waals surface area contributed by atoms with Crippen molar-refractivity contribution in [1.29, 1.82) is 5.26 Å². The average Bonchev–Trinajstić information content (AvgIpc) is 2.53. The number of carboxylic acids is 1. The molecule has 0 bridgehead atoms. The average molecular weight is 332 g/mol. The number of rotatable bonds is 5. The Labute approximate surface area is 164 Å². The van der Waals surface area contributed by atoms with E-state index in [1.54, 1.807) is 18.2 Å². The van der Waals surface area contributed by atoms with Crippen molar-refractivity contribution < 1.29 is 45.6 Å². The molecule has 2 aromatic rings. The van der Waals surface area contributed by atoms with Gasteiger partial charge in [-0.15, -0.1) is 0 Å². The Bertz CT molecular complexity index is 788. The number of carboxylic acid groups (broad SMARTS) is 1. The first-order chi connectivity index (χ1) is 11.2. The van der Waals surface area contributed by atoms with Gasteiger partial charge in [0.05, 0.1) is 23.4 Å². The predicted octanol–water partition coefficient (Wildman–Crippen LogP) is 0.614. The normalized spacial score (nSPS) is 13.3. The van der Waals surface area contributed by atoms with Crippen LogP contribution in [-0.4, -0.2) is 22.7 Å². The van der Waals surface area contributed by atoms with Gasteiger partial charge in [0.1, 0.15) is 11.8 Å².